The highest BCUT2D eigenvalue weighted by atomic mass is 35.5. The first-order chi connectivity index (χ1) is 9.89. The smallest absolute Gasteiger partial charge is 0.236 e. The molecular weight excluding hydrogens is 333 g/mol. The first-order valence-corrected chi connectivity index (χ1v) is 8.45. The molecule has 0 aliphatic rings. The molecule has 21 heavy (non-hydrogen) atoms. The van der Waals surface area contributed by atoms with Gasteiger partial charge in [0.25, 0.3) is 0 Å². The van der Waals surface area contributed by atoms with Gasteiger partial charge in [0.15, 0.2) is 0 Å². The molecule has 0 heterocycles. The number of aliphatic hydroxyl groups is 1. The van der Waals surface area contributed by atoms with Crippen molar-refractivity contribution in [2.45, 2.75) is 12.4 Å². The Kier molecular flexibility index (Phi) is 5.11. The van der Waals surface area contributed by atoms with Gasteiger partial charge in [0.1, 0.15) is 0 Å². The third kappa shape index (κ3) is 4.61. The monoisotopic (exact) mass is 345 g/mol. The Morgan fingerprint density at radius 1 is 1.05 bits per heavy atom. The summed E-state index contributed by atoms with van der Waals surface area (Å²) in [4.78, 5) is 0. The van der Waals surface area contributed by atoms with Crippen molar-refractivity contribution in [2.24, 2.45) is 0 Å². The van der Waals surface area contributed by atoms with E-state index in [9.17, 15) is 8.42 Å². The highest BCUT2D eigenvalue weighted by Crippen LogP contribution is 2.26. The molecule has 112 valence electrons. The van der Waals surface area contributed by atoms with Gasteiger partial charge in [0.05, 0.1) is 23.1 Å². The lowest BCUT2D eigenvalue weighted by atomic mass is 10.1. The Balaban J connectivity index is 2.20. The van der Waals surface area contributed by atoms with Crippen molar-refractivity contribution in [3.05, 3.63) is 63.6 Å². The molecule has 2 aromatic carbocycles. The number of rotatable bonds is 5. The standard InChI is InChI=1S/C14H13Cl2NO3S/c15-12-4-5-13(16)14(7-12)17-21(19,20)9-11-3-1-2-10(6-11)8-18/h1-7,17-18H,8-9H2. The third-order valence-electron chi connectivity index (χ3n) is 2.72. The molecule has 0 amide bonds. The van der Waals surface area contributed by atoms with E-state index in [1.54, 1.807) is 30.3 Å². The molecule has 2 N–H and O–H groups in total. The van der Waals surface area contributed by atoms with Crippen LogP contribution in [0.1, 0.15) is 11.1 Å². The lowest BCUT2D eigenvalue weighted by Gasteiger charge is -2.10. The van der Waals surface area contributed by atoms with Crippen molar-refractivity contribution >= 4 is 38.9 Å². The van der Waals surface area contributed by atoms with Crippen molar-refractivity contribution in [1.29, 1.82) is 0 Å². The second-order valence-electron chi connectivity index (χ2n) is 4.46. The van der Waals surface area contributed by atoms with Crippen LogP contribution in [0.4, 0.5) is 5.69 Å². The first kappa shape index (κ1) is 16.1. The van der Waals surface area contributed by atoms with Crippen LogP contribution in [0, 0.1) is 0 Å². The zero-order valence-corrected chi connectivity index (χ0v) is 13.2. The van der Waals surface area contributed by atoms with Crippen LogP contribution in [0.5, 0.6) is 0 Å². The van der Waals surface area contributed by atoms with E-state index in [0.29, 0.717) is 16.1 Å². The van der Waals surface area contributed by atoms with Crippen molar-refractivity contribution in [2.75, 3.05) is 4.72 Å². The molecule has 0 aromatic heterocycles. The van der Waals surface area contributed by atoms with E-state index >= 15 is 0 Å². The second kappa shape index (κ2) is 6.66. The molecule has 2 aromatic rings. The van der Waals surface area contributed by atoms with Gasteiger partial charge in [-0.1, -0.05) is 47.5 Å². The number of nitrogens with one attached hydrogen (secondary N) is 1. The number of anilines is 1. The lowest BCUT2D eigenvalue weighted by molar-refractivity contribution is 0.282. The average molecular weight is 346 g/mol. The normalized spacial score (nSPS) is 11.4. The van der Waals surface area contributed by atoms with Crippen LogP contribution < -0.4 is 4.72 Å². The van der Waals surface area contributed by atoms with Gasteiger partial charge in [0, 0.05) is 5.02 Å². The predicted molar refractivity (Wildman–Crippen MR) is 85.1 cm³/mol. The minimum absolute atomic E-state index is 0.137. The van der Waals surface area contributed by atoms with E-state index in [4.69, 9.17) is 28.3 Å². The molecule has 2 rings (SSSR count). The van der Waals surface area contributed by atoms with Gasteiger partial charge in [0.2, 0.25) is 10.0 Å². The zero-order valence-electron chi connectivity index (χ0n) is 10.9. The van der Waals surface area contributed by atoms with Crippen LogP contribution in [-0.2, 0) is 22.4 Å². The summed E-state index contributed by atoms with van der Waals surface area (Å²) in [7, 11) is -3.63. The summed E-state index contributed by atoms with van der Waals surface area (Å²) >= 11 is 11.8. The maximum atomic E-state index is 12.2. The summed E-state index contributed by atoms with van der Waals surface area (Å²) in [6, 6.07) is 11.3. The molecule has 0 atom stereocenters. The minimum Gasteiger partial charge on any atom is -0.392 e. The molecule has 7 heteroatoms. The van der Waals surface area contributed by atoms with Crippen molar-refractivity contribution in [3.8, 4) is 0 Å². The Labute approximate surface area is 133 Å². The number of sulfonamides is 1. The van der Waals surface area contributed by atoms with E-state index in [1.165, 1.54) is 12.1 Å². The number of aliphatic hydroxyl groups excluding tert-OH is 1. The third-order valence-corrected chi connectivity index (χ3v) is 4.53. The minimum atomic E-state index is -3.63. The number of hydrogen-bond acceptors (Lipinski definition) is 3. The van der Waals surface area contributed by atoms with Gasteiger partial charge in [-0.05, 0) is 29.3 Å². The molecule has 0 aliphatic carbocycles. The van der Waals surface area contributed by atoms with E-state index in [1.807, 2.05) is 0 Å². The molecule has 0 unspecified atom stereocenters. The Morgan fingerprint density at radius 2 is 1.76 bits per heavy atom. The number of benzene rings is 2. The maximum absolute atomic E-state index is 12.2. The predicted octanol–water partition coefficient (Wildman–Crippen LogP) is 3.43. The Hall–Kier alpha value is -1.27. The largest absolute Gasteiger partial charge is 0.392 e. The average Bonchev–Trinajstić information content (AvgIpc) is 2.42. The van der Waals surface area contributed by atoms with Crippen molar-refractivity contribution < 1.29 is 13.5 Å². The maximum Gasteiger partial charge on any atom is 0.236 e. The number of hydrogen-bond donors (Lipinski definition) is 2. The molecule has 0 fully saturated rings. The van der Waals surface area contributed by atoms with Gasteiger partial charge in [-0.2, -0.15) is 0 Å². The van der Waals surface area contributed by atoms with Crippen LogP contribution in [0.15, 0.2) is 42.5 Å². The molecule has 0 bridgehead atoms. The second-order valence-corrected chi connectivity index (χ2v) is 7.03. The Bertz CT molecular complexity index is 748. The van der Waals surface area contributed by atoms with Gasteiger partial charge in [-0.15, -0.1) is 0 Å². The molecule has 0 spiro atoms. The fourth-order valence-corrected chi connectivity index (χ4v) is 3.40. The SMILES string of the molecule is O=S(=O)(Cc1cccc(CO)c1)Nc1cc(Cl)ccc1Cl. The van der Waals surface area contributed by atoms with Crippen LogP contribution >= 0.6 is 23.2 Å². The van der Waals surface area contributed by atoms with Crippen LogP contribution in [-0.4, -0.2) is 13.5 Å². The zero-order chi connectivity index (χ0) is 15.5. The highest BCUT2D eigenvalue weighted by molar-refractivity contribution is 7.91. The number of halogens is 2. The molecule has 0 radical (unpaired) electrons. The van der Waals surface area contributed by atoms with Crippen molar-refractivity contribution in [1.82, 2.24) is 0 Å². The molecule has 0 saturated heterocycles. The summed E-state index contributed by atoms with van der Waals surface area (Å²) in [5.74, 6) is -0.219. The van der Waals surface area contributed by atoms with E-state index in [0.717, 1.165) is 0 Å². The van der Waals surface area contributed by atoms with E-state index < -0.39 is 10.0 Å². The van der Waals surface area contributed by atoms with E-state index in [2.05, 4.69) is 4.72 Å². The first-order valence-electron chi connectivity index (χ1n) is 6.04. The van der Waals surface area contributed by atoms with E-state index in [-0.39, 0.29) is 23.1 Å². The summed E-state index contributed by atoms with van der Waals surface area (Å²) in [6.45, 7) is -0.137. The van der Waals surface area contributed by atoms with Gasteiger partial charge in [-0.25, -0.2) is 8.42 Å². The lowest BCUT2D eigenvalue weighted by Crippen LogP contribution is -2.15. The summed E-state index contributed by atoms with van der Waals surface area (Å²) < 4.78 is 26.7. The van der Waals surface area contributed by atoms with Crippen LogP contribution in [0.3, 0.4) is 0 Å². The summed E-state index contributed by atoms with van der Waals surface area (Å²) in [5, 5.41) is 9.72. The van der Waals surface area contributed by atoms with Crippen molar-refractivity contribution in [3.63, 3.8) is 0 Å². The summed E-state index contributed by atoms with van der Waals surface area (Å²) in [5.41, 5.74) is 1.47. The topological polar surface area (TPSA) is 66.4 Å². The summed E-state index contributed by atoms with van der Waals surface area (Å²) in [6.07, 6.45) is 0. The fourth-order valence-electron chi connectivity index (χ4n) is 1.82. The van der Waals surface area contributed by atoms with Gasteiger partial charge < -0.3 is 5.11 Å². The quantitative estimate of drug-likeness (QED) is 0.872. The molecular formula is C14H13Cl2NO3S. The Morgan fingerprint density at radius 3 is 2.48 bits per heavy atom. The van der Waals surface area contributed by atoms with Gasteiger partial charge in [-0.3, -0.25) is 4.72 Å². The fraction of sp³-hybridized carbons (Fsp3) is 0.143. The van der Waals surface area contributed by atoms with Crippen LogP contribution in [0.2, 0.25) is 10.0 Å². The highest BCUT2D eigenvalue weighted by Gasteiger charge is 2.14. The van der Waals surface area contributed by atoms with Gasteiger partial charge >= 0.3 is 0 Å². The molecule has 4 nitrogen and oxygen atoms in total. The molecule has 0 saturated carbocycles. The van der Waals surface area contributed by atoms with Crippen LogP contribution in [0.25, 0.3) is 0 Å². The molecule has 0 aliphatic heterocycles.